The summed E-state index contributed by atoms with van der Waals surface area (Å²) in [7, 11) is 0. The SMILES string of the molecule is CC(C)(C)c1c(C(=O)O)nnn1-c1ccc2c(c1)OCCO2. The number of carboxylic acid groups (broad SMARTS) is 1. The lowest BCUT2D eigenvalue weighted by molar-refractivity contribution is 0.0687. The van der Waals surface area contributed by atoms with E-state index < -0.39 is 11.4 Å². The maximum absolute atomic E-state index is 11.4. The largest absolute Gasteiger partial charge is 0.486 e. The maximum Gasteiger partial charge on any atom is 0.358 e. The van der Waals surface area contributed by atoms with Crippen LogP contribution >= 0.6 is 0 Å². The Balaban J connectivity index is 2.14. The van der Waals surface area contributed by atoms with Crippen LogP contribution in [0.2, 0.25) is 0 Å². The van der Waals surface area contributed by atoms with Gasteiger partial charge in [-0.3, -0.25) is 0 Å². The van der Waals surface area contributed by atoms with Gasteiger partial charge in [-0.15, -0.1) is 5.10 Å². The standard InChI is InChI=1S/C15H17N3O4/c1-15(2,3)13-12(14(19)20)16-17-18(13)9-4-5-10-11(8-9)22-7-6-21-10/h4-5,8H,6-7H2,1-3H3,(H,19,20). The number of rotatable bonds is 2. The summed E-state index contributed by atoms with van der Waals surface area (Å²) in [5, 5.41) is 17.1. The van der Waals surface area contributed by atoms with Crippen molar-refractivity contribution < 1.29 is 19.4 Å². The first-order valence-corrected chi connectivity index (χ1v) is 6.97. The first kappa shape index (κ1) is 14.4. The molecule has 0 radical (unpaired) electrons. The van der Waals surface area contributed by atoms with Crippen molar-refractivity contribution in [3.63, 3.8) is 0 Å². The number of carbonyl (C=O) groups is 1. The molecule has 0 fully saturated rings. The highest BCUT2D eigenvalue weighted by Crippen LogP contribution is 2.34. The van der Waals surface area contributed by atoms with Crippen LogP contribution in [0.25, 0.3) is 5.69 Å². The number of nitrogens with zero attached hydrogens (tertiary/aromatic N) is 3. The highest BCUT2D eigenvalue weighted by Gasteiger charge is 2.30. The van der Waals surface area contributed by atoms with Crippen molar-refractivity contribution in [1.82, 2.24) is 15.0 Å². The molecule has 2 heterocycles. The second kappa shape index (κ2) is 5.01. The summed E-state index contributed by atoms with van der Waals surface area (Å²) in [5.41, 5.74) is 0.762. The van der Waals surface area contributed by atoms with E-state index in [2.05, 4.69) is 10.3 Å². The fourth-order valence-corrected chi connectivity index (χ4v) is 2.44. The summed E-state index contributed by atoms with van der Waals surface area (Å²) in [6, 6.07) is 5.38. The molecule has 22 heavy (non-hydrogen) atoms. The normalized spacial score (nSPS) is 14.0. The summed E-state index contributed by atoms with van der Waals surface area (Å²) in [5.74, 6) is 0.204. The van der Waals surface area contributed by atoms with Gasteiger partial charge >= 0.3 is 5.97 Å². The zero-order valence-electron chi connectivity index (χ0n) is 12.7. The Morgan fingerprint density at radius 3 is 2.55 bits per heavy atom. The maximum atomic E-state index is 11.4. The molecule has 0 saturated carbocycles. The van der Waals surface area contributed by atoms with Gasteiger partial charge in [0.05, 0.1) is 11.4 Å². The highest BCUT2D eigenvalue weighted by atomic mass is 16.6. The fourth-order valence-electron chi connectivity index (χ4n) is 2.44. The Morgan fingerprint density at radius 1 is 1.23 bits per heavy atom. The van der Waals surface area contributed by atoms with Gasteiger partial charge in [0.2, 0.25) is 0 Å². The first-order valence-electron chi connectivity index (χ1n) is 6.97. The molecule has 7 heteroatoms. The second-order valence-electron chi connectivity index (χ2n) is 6.08. The van der Waals surface area contributed by atoms with Crippen LogP contribution in [0.4, 0.5) is 0 Å². The molecule has 1 aromatic heterocycles. The van der Waals surface area contributed by atoms with Crippen molar-refractivity contribution >= 4 is 5.97 Å². The molecule has 116 valence electrons. The fraction of sp³-hybridized carbons (Fsp3) is 0.400. The molecular weight excluding hydrogens is 286 g/mol. The van der Waals surface area contributed by atoms with Gasteiger partial charge in [-0.1, -0.05) is 26.0 Å². The quantitative estimate of drug-likeness (QED) is 0.913. The van der Waals surface area contributed by atoms with Crippen molar-refractivity contribution in [3.05, 3.63) is 29.6 Å². The van der Waals surface area contributed by atoms with Crippen LogP contribution in [0.3, 0.4) is 0 Å². The zero-order valence-corrected chi connectivity index (χ0v) is 12.7. The van der Waals surface area contributed by atoms with E-state index in [9.17, 15) is 9.90 Å². The Morgan fingerprint density at radius 2 is 1.91 bits per heavy atom. The Labute approximate surface area is 127 Å². The number of ether oxygens (including phenoxy) is 2. The van der Waals surface area contributed by atoms with Crippen LogP contribution in [0.5, 0.6) is 11.5 Å². The monoisotopic (exact) mass is 303 g/mol. The predicted octanol–water partition coefficient (Wildman–Crippen LogP) is 2.03. The van der Waals surface area contributed by atoms with Gasteiger partial charge in [0.15, 0.2) is 17.2 Å². The molecule has 2 aromatic rings. The van der Waals surface area contributed by atoms with Crippen LogP contribution < -0.4 is 9.47 Å². The molecule has 0 aliphatic carbocycles. The van der Waals surface area contributed by atoms with Gasteiger partial charge in [-0.05, 0) is 12.1 Å². The van der Waals surface area contributed by atoms with Crippen molar-refractivity contribution in [2.24, 2.45) is 0 Å². The second-order valence-corrected chi connectivity index (χ2v) is 6.08. The highest BCUT2D eigenvalue weighted by molar-refractivity contribution is 5.87. The van der Waals surface area contributed by atoms with Crippen LogP contribution in [0, 0.1) is 0 Å². The number of aromatic nitrogens is 3. The minimum absolute atomic E-state index is 0.0395. The van der Waals surface area contributed by atoms with Gasteiger partial charge in [-0.2, -0.15) is 0 Å². The number of fused-ring (bicyclic) bond motifs is 1. The molecule has 1 N–H and O–H groups in total. The topological polar surface area (TPSA) is 86.5 Å². The minimum atomic E-state index is -1.09. The Hall–Kier alpha value is -2.57. The van der Waals surface area contributed by atoms with E-state index in [0.717, 1.165) is 0 Å². The Bertz CT molecular complexity index is 731. The van der Waals surface area contributed by atoms with E-state index in [1.54, 1.807) is 16.8 Å². The summed E-state index contributed by atoms with van der Waals surface area (Å²) in [6.45, 7) is 6.78. The minimum Gasteiger partial charge on any atom is -0.486 e. The van der Waals surface area contributed by atoms with Gasteiger partial charge in [0.1, 0.15) is 13.2 Å². The van der Waals surface area contributed by atoms with Crippen LogP contribution in [0.1, 0.15) is 37.0 Å². The first-order chi connectivity index (χ1) is 10.4. The summed E-state index contributed by atoms with van der Waals surface area (Å²) >= 11 is 0. The molecule has 1 aliphatic rings. The molecule has 7 nitrogen and oxygen atoms in total. The lowest BCUT2D eigenvalue weighted by atomic mass is 9.90. The Kier molecular flexibility index (Phi) is 3.27. The average Bonchev–Trinajstić information content (AvgIpc) is 2.92. The van der Waals surface area contributed by atoms with Gasteiger partial charge < -0.3 is 14.6 Å². The van der Waals surface area contributed by atoms with Crippen LogP contribution in [-0.4, -0.2) is 39.3 Å². The zero-order chi connectivity index (χ0) is 15.9. The molecular formula is C15H17N3O4. The van der Waals surface area contributed by atoms with Crippen molar-refractivity contribution in [3.8, 4) is 17.2 Å². The summed E-state index contributed by atoms with van der Waals surface area (Å²) in [6.07, 6.45) is 0. The third-order valence-corrected chi connectivity index (χ3v) is 3.35. The summed E-state index contributed by atoms with van der Waals surface area (Å²) in [4.78, 5) is 11.4. The number of aromatic carboxylic acids is 1. The average molecular weight is 303 g/mol. The van der Waals surface area contributed by atoms with E-state index in [0.29, 0.717) is 36.1 Å². The van der Waals surface area contributed by atoms with Gasteiger partial charge in [0, 0.05) is 11.5 Å². The number of hydrogen-bond acceptors (Lipinski definition) is 5. The number of benzene rings is 1. The third-order valence-electron chi connectivity index (χ3n) is 3.35. The molecule has 0 bridgehead atoms. The smallest absolute Gasteiger partial charge is 0.358 e. The molecule has 1 aliphatic heterocycles. The van der Waals surface area contributed by atoms with Gasteiger partial charge in [-0.25, -0.2) is 9.48 Å². The van der Waals surface area contributed by atoms with Crippen molar-refractivity contribution in [2.45, 2.75) is 26.2 Å². The van der Waals surface area contributed by atoms with E-state index >= 15 is 0 Å². The summed E-state index contributed by atoms with van der Waals surface area (Å²) < 4.78 is 12.6. The van der Waals surface area contributed by atoms with Crippen LogP contribution in [0.15, 0.2) is 18.2 Å². The van der Waals surface area contributed by atoms with Crippen molar-refractivity contribution in [1.29, 1.82) is 0 Å². The van der Waals surface area contributed by atoms with Crippen molar-refractivity contribution in [2.75, 3.05) is 13.2 Å². The number of hydrogen-bond donors (Lipinski definition) is 1. The lowest BCUT2D eigenvalue weighted by Gasteiger charge is -2.22. The van der Waals surface area contributed by atoms with E-state index in [4.69, 9.17) is 9.47 Å². The molecule has 0 atom stereocenters. The van der Waals surface area contributed by atoms with Gasteiger partial charge in [0.25, 0.3) is 0 Å². The molecule has 0 amide bonds. The lowest BCUT2D eigenvalue weighted by Crippen LogP contribution is -2.21. The third kappa shape index (κ3) is 2.38. The molecule has 0 unspecified atom stereocenters. The van der Waals surface area contributed by atoms with E-state index in [1.165, 1.54) is 0 Å². The number of carboxylic acids is 1. The van der Waals surface area contributed by atoms with Crippen LogP contribution in [-0.2, 0) is 5.41 Å². The molecule has 0 saturated heterocycles. The molecule has 1 aromatic carbocycles. The predicted molar refractivity (Wildman–Crippen MR) is 78.0 cm³/mol. The van der Waals surface area contributed by atoms with E-state index in [1.807, 2.05) is 26.8 Å². The van der Waals surface area contributed by atoms with E-state index in [-0.39, 0.29) is 5.69 Å². The molecule has 0 spiro atoms. The molecule has 3 rings (SSSR count).